The fourth-order valence-corrected chi connectivity index (χ4v) is 2.31. The molecule has 0 saturated carbocycles. The Bertz CT molecular complexity index is 923. The molecule has 5 nitrogen and oxygen atoms in total. The highest BCUT2D eigenvalue weighted by molar-refractivity contribution is 5.88. The van der Waals surface area contributed by atoms with Crippen LogP contribution in [0.1, 0.15) is 21.6 Å². The summed E-state index contributed by atoms with van der Waals surface area (Å²) in [5.74, 6) is -0.175. The summed E-state index contributed by atoms with van der Waals surface area (Å²) < 4.78 is 13.1. The summed E-state index contributed by atoms with van der Waals surface area (Å²) >= 11 is 0. The molecule has 0 aliphatic rings. The third-order valence-electron chi connectivity index (χ3n) is 3.89. The Morgan fingerprint density at radius 2 is 1.64 bits per heavy atom. The lowest BCUT2D eigenvalue weighted by Gasteiger charge is -2.12. The third kappa shape index (κ3) is 3.63. The van der Waals surface area contributed by atoms with Crippen molar-refractivity contribution < 1.29 is 14.3 Å². The molecular formula is C19H16FN3O2. The van der Waals surface area contributed by atoms with Gasteiger partial charge in [-0.1, -0.05) is 0 Å². The van der Waals surface area contributed by atoms with Gasteiger partial charge in [0.2, 0.25) is 0 Å². The average Bonchev–Trinajstić information content (AvgIpc) is 2.60. The van der Waals surface area contributed by atoms with E-state index in [0.29, 0.717) is 17.2 Å². The Kier molecular flexibility index (Phi) is 4.43. The summed E-state index contributed by atoms with van der Waals surface area (Å²) in [5.41, 5.74) is 3.34. The maximum absolute atomic E-state index is 13.1. The van der Waals surface area contributed by atoms with E-state index in [4.69, 9.17) is 5.11 Å². The molecule has 0 bridgehead atoms. The summed E-state index contributed by atoms with van der Waals surface area (Å²) in [5, 5.41) is 12.1. The molecule has 1 aromatic heterocycles. The first-order valence-corrected chi connectivity index (χ1v) is 7.65. The van der Waals surface area contributed by atoms with Gasteiger partial charge in [0.25, 0.3) is 0 Å². The van der Waals surface area contributed by atoms with E-state index < -0.39 is 5.97 Å². The first-order valence-electron chi connectivity index (χ1n) is 7.65. The molecule has 0 unspecified atom stereocenters. The summed E-state index contributed by atoms with van der Waals surface area (Å²) in [6, 6.07) is 12.4. The molecule has 2 aromatic carbocycles. The van der Waals surface area contributed by atoms with E-state index in [2.05, 4.69) is 15.3 Å². The molecule has 0 radical (unpaired) electrons. The summed E-state index contributed by atoms with van der Waals surface area (Å²) in [7, 11) is 0. The number of nitrogens with zero attached hydrogens (tertiary/aromatic N) is 2. The molecule has 0 amide bonds. The van der Waals surface area contributed by atoms with Crippen molar-refractivity contribution in [3.63, 3.8) is 0 Å². The number of carboxylic acid groups (broad SMARTS) is 1. The number of halogens is 1. The van der Waals surface area contributed by atoms with Crippen LogP contribution < -0.4 is 5.32 Å². The van der Waals surface area contributed by atoms with E-state index in [9.17, 15) is 9.18 Å². The van der Waals surface area contributed by atoms with Crippen LogP contribution in [-0.2, 0) is 0 Å². The molecule has 0 aliphatic heterocycles. The summed E-state index contributed by atoms with van der Waals surface area (Å²) in [6.45, 7) is 3.78. The molecule has 3 rings (SSSR count). The lowest BCUT2D eigenvalue weighted by atomic mass is 10.1. The second kappa shape index (κ2) is 6.68. The van der Waals surface area contributed by atoms with Crippen molar-refractivity contribution in [2.24, 2.45) is 0 Å². The van der Waals surface area contributed by atoms with Crippen molar-refractivity contribution in [2.75, 3.05) is 5.32 Å². The Morgan fingerprint density at radius 3 is 2.24 bits per heavy atom. The van der Waals surface area contributed by atoms with E-state index in [1.807, 2.05) is 13.8 Å². The first-order chi connectivity index (χ1) is 11.9. The largest absolute Gasteiger partial charge is 0.478 e. The van der Waals surface area contributed by atoms with Crippen molar-refractivity contribution in [3.8, 4) is 11.4 Å². The van der Waals surface area contributed by atoms with E-state index in [1.54, 1.807) is 24.3 Å². The Hall–Kier alpha value is -3.28. The van der Waals surface area contributed by atoms with Gasteiger partial charge in [0.1, 0.15) is 11.6 Å². The van der Waals surface area contributed by atoms with E-state index in [-0.39, 0.29) is 11.4 Å². The van der Waals surface area contributed by atoms with E-state index in [1.165, 1.54) is 24.3 Å². The van der Waals surface area contributed by atoms with E-state index >= 15 is 0 Å². The smallest absolute Gasteiger partial charge is 0.335 e. The zero-order valence-electron chi connectivity index (χ0n) is 13.7. The number of hydrogen-bond acceptors (Lipinski definition) is 4. The minimum absolute atomic E-state index is 0.216. The van der Waals surface area contributed by atoms with Crippen molar-refractivity contribution >= 4 is 17.5 Å². The van der Waals surface area contributed by atoms with Crippen LogP contribution in [0.5, 0.6) is 0 Å². The Balaban J connectivity index is 1.95. The monoisotopic (exact) mass is 337 g/mol. The van der Waals surface area contributed by atoms with Gasteiger partial charge in [0, 0.05) is 22.5 Å². The zero-order valence-corrected chi connectivity index (χ0v) is 13.7. The first kappa shape index (κ1) is 16.6. The fraction of sp³-hybridized carbons (Fsp3) is 0.105. The van der Waals surface area contributed by atoms with Crippen LogP contribution in [-0.4, -0.2) is 21.0 Å². The SMILES string of the molecule is Cc1nc(-c2ccc(F)cc2)nc(Nc2ccc(C(=O)O)cc2)c1C. The highest BCUT2D eigenvalue weighted by atomic mass is 19.1. The van der Waals surface area contributed by atoms with Crippen molar-refractivity contribution in [1.29, 1.82) is 0 Å². The molecule has 0 fully saturated rings. The van der Waals surface area contributed by atoms with Gasteiger partial charge in [-0.2, -0.15) is 0 Å². The topological polar surface area (TPSA) is 75.1 Å². The quantitative estimate of drug-likeness (QED) is 0.740. The van der Waals surface area contributed by atoms with Crippen molar-refractivity contribution in [2.45, 2.75) is 13.8 Å². The van der Waals surface area contributed by atoms with Gasteiger partial charge < -0.3 is 10.4 Å². The molecule has 2 N–H and O–H groups in total. The van der Waals surface area contributed by atoms with Gasteiger partial charge in [-0.05, 0) is 62.4 Å². The summed E-state index contributed by atoms with van der Waals surface area (Å²) in [4.78, 5) is 19.9. The Morgan fingerprint density at radius 1 is 1.00 bits per heavy atom. The molecule has 126 valence electrons. The maximum Gasteiger partial charge on any atom is 0.335 e. The predicted molar refractivity (Wildman–Crippen MR) is 93.6 cm³/mol. The molecular weight excluding hydrogens is 321 g/mol. The number of carboxylic acids is 1. The number of aryl methyl sites for hydroxylation is 1. The highest BCUT2D eigenvalue weighted by Crippen LogP contribution is 2.24. The van der Waals surface area contributed by atoms with Crippen LogP contribution in [0.3, 0.4) is 0 Å². The molecule has 1 heterocycles. The van der Waals surface area contributed by atoms with Gasteiger partial charge in [-0.25, -0.2) is 19.2 Å². The number of aromatic nitrogens is 2. The van der Waals surface area contributed by atoms with Gasteiger partial charge in [-0.15, -0.1) is 0 Å². The van der Waals surface area contributed by atoms with E-state index in [0.717, 1.165) is 16.9 Å². The number of hydrogen-bond donors (Lipinski definition) is 2. The van der Waals surface area contributed by atoms with Crippen LogP contribution in [0.15, 0.2) is 48.5 Å². The number of anilines is 2. The number of benzene rings is 2. The van der Waals surface area contributed by atoms with Gasteiger partial charge >= 0.3 is 5.97 Å². The standard InChI is InChI=1S/C19H16FN3O2/c1-11-12(2)21-18(13-3-7-15(20)8-4-13)23-17(11)22-16-9-5-14(6-10-16)19(24)25/h3-10H,1-2H3,(H,24,25)(H,21,22,23). The third-order valence-corrected chi connectivity index (χ3v) is 3.89. The van der Waals surface area contributed by atoms with Gasteiger partial charge in [-0.3, -0.25) is 0 Å². The number of nitrogens with one attached hydrogen (secondary N) is 1. The minimum Gasteiger partial charge on any atom is -0.478 e. The fourth-order valence-electron chi connectivity index (χ4n) is 2.31. The van der Waals surface area contributed by atoms with Crippen molar-refractivity contribution in [1.82, 2.24) is 9.97 Å². The van der Waals surface area contributed by atoms with Crippen LogP contribution >= 0.6 is 0 Å². The van der Waals surface area contributed by atoms with Crippen molar-refractivity contribution in [3.05, 3.63) is 71.2 Å². The van der Waals surface area contributed by atoms with Crippen LogP contribution in [0.4, 0.5) is 15.9 Å². The van der Waals surface area contributed by atoms with Crippen LogP contribution in [0.25, 0.3) is 11.4 Å². The Labute approximate surface area is 144 Å². The molecule has 0 saturated heterocycles. The molecule has 6 heteroatoms. The summed E-state index contributed by atoms with van der Waals surface area (Å²) in [6.07, 6.45) is 0. The lowest BCUT2D eigenvalue weighted by Crippen LogP contribution is -2.03. The maximum atomic E-state index is 13.1. The van der Waals surface area contributed by atoms with Crippen LogP contribution in [0, 0.1) is 19.7 Å². The molecule has 3 aromatic rings. The van der Waals surface area contributed by atoms with Gasteiger partial charge in [0.05, 0.1) is 5.56 Å². The second-order valence-electron chi connectivity index (χ2n) is 5.62. The number of rotatable bonds is 4. The normalized spacial score (nSPS) is 10.5. The molecule has 25 heavy (non-hydrogen) atoms. The zero-order chi connectivity index (χ0) is 18.0. The average molecular weight is 337 g/mol. The number of carbonyl (C=O) groups is 1. The van der Waals surface area contributed by atoms with Crippen LogP contribution in [0.2, 0.25) is 0 Å². The second-order valence-corrected chi connectivity index (χ2v) is 5.62. The molecule has 0 spiro atoms. The molecule has 0 atom stereocenters. The number of aromatic carboxylic acids is 1. The highest BCUT2D eigenvalue weighted by Gasteiger charge is 2.11. The molecule has 0 aliphatic carbocycles. The minimum atomic E-state index is -0.973. The van der Waals surface area contributed by atoms with Gasteiger partial charge in [0.15, 0.2) is 5.82 Å². The predicted octanol–water partition coefficient (Wildman–Crippen LogP) is 4.34. The lowest BCUT2D eigenvalue weighted by molar-refractivity contribution is 0.0697.